The Bertz CT molecular complexity index is 827. The van der Waals surface area contributed by atoms with Gasteiger partial charge in [-0.15, -0.1) is 0 Å². The standard InChI is InChI=1S/C38H68O5/c1-7-19-39-20-21-40-22-23-41-24-25-42-26-27-43-32-15-17-37(5)31(28-32)11-12-33-35-14-13-34(30(4)10-8-9-29(2)3)38(35,6)18-16-36(33)37/h11,29-30,32-36H,7-10,12-28H2,1-6H3/t30-,32+,33?,34?,35+,36+,37?,38?/m1/s1. The maximum absolute atomic E-state index is 6.35. The van der Waals surface area contributed by atoms with E-state index in [2.05, 4.69) is 47.6 Å². The van der Waals surface area contributed by atoms with Gasteiger partial charge in [0.25, 0.3) is 0 Å². The third kappa shape index (κ3) is 9.31. The first-order valence-corrected chi connectivity index (χ1v) is 18.4. The molecule has 0 aliphatic heterocycles. The summed E-state index contributed by atoms with van der Waals surface area (Å²) in [6.45, 7) is 20.6. The Hall–Kier alpha value is -0.460. The highest BCUT2D eigenvalue weighted by Crippen LogP contribution is 2.67. The highest BCUT2D eigenvalue weighted by molar-refractivity contribution is 5.25. The van der Waals surface area contributed by atoms with Gasteiger partial charge in [0.05, 0.1) is 59.0 Å². The predicted octanol–water partition coefficient (Wildman–Crippen LogP) is 8.89. The smallest absolute Gasteiger partial charge is 0.0704 e. The number of rotatable bonds is 20. The van der Waals surface area contributed by atoms with Crippen LogP contribution in [0.4, 0.5) is 0 Å². The van der Waals surface area contributed by atoms with E-state index >= 15 is 0 Å². The summed E-state index contributed by atoms with van der Waals surface area (Å²) in [5.74, 6) is 5.39. The van der Waals surface area contributed by atoms with E-state index in [1.165, 1.54) is 64.2 Å². The molecule has 4 aliphatic rings. The highest BCUT2D eigenvalue weighted by atomic mass is 16.6. The molecule has 0 aromatic heterocycles. The third-order valence-electron chi connectivity index (χ3n) is 12.3. The maximum Gasteiger partial charge on any atom is 0.0704 e. The zero-order valence-electron chi connectivity index (χ0n) is 29.0. The van der Waals surface area contributed by atoms with Gasteiger partial charge in [-0.05, 0) is 104 Å². The minimum absolute atomic E-state index is 0.352. The summed E-state index contributed by atoms with van der Waals surface area (Å²) in [4.78, 5) is 0. The molecule has 0 saturated heterocycles. The van der Waals surface area contributed by atoms with Crippen LogP contribution in [0.5, 0.6) is 0 Å². The van der Waals surface area contributed by atoms with Crippen molar-refractivity contribution in [2.24, 2.45) is 46.3 Å². The molecule has 0 amide bonds. The fourth-order valence-corrected chi connectivity index (χ4v) is 9.97. The van der Waals surface area contributed by atoms with Gasteiger partial charge in [0.1, 0.15) is 0 Å². The third-order valence-corrected chi connectivity index (χ3v) is 12.3. The molecule has 4 aliphatic carbocycles. The van der Waals surface area contributed by atoms with E-state index in [1.807, 2.05) is 0 Å². The van der Waals surface area contributed by atoms with Crippen molar-refractivity contribution in [1.82, 2.24) is 0 Å². The summed E-state index contributed by atoms with van der Waals surface area (Å²) >= 11 is 0. The van der Waals surface area contributed by atoms with Crippen LogP contribution >= 0.6 is 0 Å². The highest BCUT2D eigenvalue weighted by Gasteiger charge is 2.59. The quantitative estimate of drug-likeness (QED) is 0.103. The molecule has 5 nitrogen and oxygen atoms in total. The fraction of sp³-hybridized carbons (Fsp3) is 0.947. The molecule has 0 radical (unpaired) electrons. The Morgan fingerprint density at radius 2 is 1.40 bits per heavy atom. The molecule has 0 spiro atoms. The summed E-state index contributed by atoms with van der Waals surface area (Å²) in [7, 11) is 0. The Morgan fingerprint density at radius 3 is 2.05 bits per heavy atom. The lowest BCUT2D eigenvalue weighted by Gasteiger charge is -2.58. The van der Waals surface area contributed by atoms with Crippen molar-refractivity contribution in [2.75, 3.05) is 59.5 Å². The Labute approximate surface area is 265 Å². The molecule has 0 aromatic carbocycles. The van der Waals surface area contributed by atoms with Gasteiger partial charge < -0.3 is 23.7 Å². The van der Waals surface area contributed by atoms with E-state index in [9.17, 15) is 0 Å². The number of allylic oxidation sites excluding steroid dienone is 1. The first kappa shape index (κ1) is 35.4. The topological polar surface area (TPSA) is 46.2 Å². The minimum Gasteiger partial charge on any atom is -0.379 e. The Morgan fingerprint density at radius 1 is 0.744 bits per heavy atom. The molecule has 3 saturated carbocycles. The van der Waals surface area contributed by atoms with Crippen LogP contribution in [-0.4, -0.2) is 65.6 Å². The molecule has 4 unspecified atom stereocenters. The molecule has 43 heavy (non-hydrogen) atoms. The normalized spacial score (nSPS) is 34.5. The van der Waals surface area contributed by atoms with Crippen molar-refractivity contribution >= 4 is 0 Å². The van der Waals surface area contributed by atoms with Gasteiger partial charge in [0.2, 0.25) is 0 Å². The van der Waals surface area contributed by atoms with Crippen LogP contribution in [0.2, 0.25) is 0 Å². The zero-order valence-corrected chi connectivity index (χ0v) is 29.0. The number of ether oxygens (including phenoxy) is 5. The lowest BCUT2D eigenvalue weighted by molar-refractivity contribution is -0.0692. The summed E-state index contributed by atoms with van der Waals surface area (Å²) in [5.41, 5.74) is 2.69. The molecule has 0 heterocycles. The summed E-state index contributed by atoms with van der Waals surface area (Å²) < 4.78 is 28.6. The second-order valence-corrected chi connectivity index (χ2v) is 15.5. The van der Waals surface area contributed by atoms with Gasteiger partial charge in [-0.3, -0.25) is 0 Å². The average Bonchev–Trinajstić information content (AvgIpc) is 3.34. The van der Waals surface area contributed by atoms with Crippen LogP contribution in [0.15, 0.2) is 11.6 Å². The molecular weight excluding hydrogens is 536 g/mol. The SMILES string of the molecule is CCCOCCOCCOCCOCCO[C@H]1CCC2(C)C(=CCC3[C@@H]2CCC2(C)C([C@H](C)CCCC(C)C)CC[C@@H]32)C1. The van der Waals surface area contributed by atoms with E-state index < -0.39 is 0 Å². The van der Waals surface area contributed by atoms with Crippen LogP contribution < -0.4 is 0 Å². The van der Waals surface area contributed by atoms with Crippen LogP contribution in [0, 0.1) is 46.3 Å². The van der Waals surface area contributed by atoms with Gasteiger partial charge in [-0.1, -0.05) is 72.5 Å². The number of hydrogen-bond acceptors (Lipinski definition) is 5. The van der Waals surface area contributed by atoms with Crippen molar-refractivity contribution in [1.29, 1.82) is 0 Å². The van der Waals surface area contributed by atoms with Crippen LogP contribution in [-0.2, 0) is 23.7 Å². The van der Waals surface area contributed by atoms with E-state index in [0.717, 1.165) is 55.0 Å². The van der Waals surface area contributed by atoms with Crippen LogP contribution in [0.3, 0.4) is 0 Å². The van der Waals surface area contributed by atoms with Crippen molar-refractivity contribution in [3.8, 4) is 0 Å². The van der Waals surface area contributed by atoms with Crippen LogP contribution in [0.1, 0.15) is 119 Å². The lowest BCUT2D eigenvalue weighted by atomic mass is 9.47. The second-order valence-electron chi connectivity index (χ2n) is 15.5. The van der Waals surface area contributed by atoms with E-state index in [-0.39, 0.29) is 0 Å². The predicted molar refractivity (Wildman–Crippen MR) is 176 cm³/mol. The largest absolute Gasteiger partial charge is 0.379 e. The van der Waals surface area contributed by atoms with E-state index in [0.29, 0.717) is 69.8 Å². The van der Waals surface area contributed by atoms with Crippen molar-refractivity contribution in [3.63, 3.8) is 0 Å². The zero-order chi connectivity index (χ0) is 30.7. The summed E-state index contributed by atoms with van der Waals surface area (Å²) in [6.07, 6.45) is 19.2. The molecule has 3 fully saturated rings. The van der Waals surface area contributed by atoms with Crippen molar-refractivity contribution in [2.45, 2.75) is 125 Å². The van der Waals surface area contributed by atoms with Crippen molar-refractivity contribution < 1.29 is 23.7 Å². The molecule has 4 rings (SSSR count). The molecular formula is C38H68O5. The van der Waals surface area contributed by atoms with Gasteiger partial charge in [0.15, 0.2) is 0 Å². The van der Waals surface area contributed by atoms with Gasteiger partial charge in [0, 0.05) is 6.61 Å². The first-order valence-electron chi connectivity index (χ1n) is 18.4. The Kier molecular flexibility index (Phi) is 14.4. The summed E-state index contributed by atoms with van der Waals surface area (Å²) in [5, 5.41) is 0. The van der Waals surface area contributed by atoms with Crippen molar-refractivity contribution in [3.05, 3.63) is 11.6 Å². The molecule has 0 aromatic rings. The Balaban J connectivity index is 1.13. The molecule has 250 valence electrons. The monoisotopic (exact) mass is 605 g/mol. The van der Waals surface area contributed by atoms with Gasteiger partial charge >= 0.3 is 0 Å². The number of hydrogen-bond donors (Lipinski definition) is 0. The first-order chi connectivity index (χ1) is 20.8. The maximum atomic E-state index is 6.35. The van der Waals surface area contributed by atoms with E-state index in [4.69, 9.17) is 23.7 Å². The minimum atomic E-state index is 0.352. The molecule has 8 atom stereocenters. The second kappa shape index (κ2) is 17.5. The van der Waals surface area contributed by atoms with Gasteiger partial charge in [-0.25, -0.2) is 0 Å². The van der Waals surface area contributed by atoms with Crippen LogP contribution in [0.25, 0.3) is 0 Å². The number of fused-ring (bicyclic) bond motifs is 5. The molecule has 0 bridgehead atoms. The van der Waals surface area contributed by atoms with E-state index in [1.54, 1.807) is 5.57 Å². The molecule has 0 N–H and O–H groups in total. The molecule has 5 heteroatoms. The van der Waals surface area contributed by atoms with Gasteiger partial charge in [-0.2, -0.15) is 0 Å². The fourth-order valence-electron chi connectivity index (χ4n) is 9.97. The summed E-state index contributed by atoms with van der Waals surface area (Å²) in [6, 6.07) is 0. The average molecular weight is 605 g/mol. The lowest BCUT2D eigenvalue weighted by Crippen LogP contribution is -2.51.